The highest BCUT2D eigenvalue weighted by atomic mass is 19.4. The minimum Gasteiger partial charge on any atom is -0.371 e. The summed E-state index contributed by atoms with van der Waals surface area (Å²) in [6.07, 6.45) is -5.20. The van der Waals surface area contributed by atoms with Crippen molar-refractivity contribution < 1.29 is 22.4 Å². The summed E-state index contributed by atoms with van der Waals surface area (Å²) in [5.74, 6) is -0.630. The molecule has 0 fully saturated rings. The average molecular weight is 253 g/mol. The maximum atomic E-state index is 12.6. The van der Waals surface area contributed by atoms with E-state index in [2.05, 4.69) is 14.7 Å². The van der Waals surface area contributed by atoms with Gasteiger partial charge in [-0.1, -0.05) is 5.16 Å². The molecule has 17 heavy (non-hydrogen) atoms. The summed E-state index contributed by atoms with van der Waals surface area (Å²) in [6.45, 7) is 4.53. The van der Waals surface area contributed by atoms with E-state index < -0.39 is 23.7 Å². The lowest BCUT2D eigenvalue weighted by Crippen LogP contribution is -2.48. The van der Waals surface area contributed by atoms with Crippen LogP contribution < -0.4 is 5.73 Å². The first-order chi connectivity index (χ1) is 7.70. The molecule has 1 aromatic rings. The number of hydrogen-bond acceptors (Lipinski definition) is 5. The number of halogens is 3. The highest BCUT2D eigenvalue weighted by Crippen LogP contribution is 2.35. The second-order valence-electron chi connectivity index (χ2n) is 3.76. The summed E-state index contributed by atoms with van der Waals surface area (Å²) in [4.78, 5) is 3.62. The monoisotopic (exact) mass is 253 g/mol. The molecule has 8 heteroatoms. The molecule has 0 radical (unpaired) electrons. The Balaban J connectivity index is 2.95. The zero-order valence-corrected chi connectivity index (χ0v) is 9.71. The van der Waals surface area contributed by atoms with Gasteiger partial charge in [0.15, 0.2) is 11.4 Å². The minimum absolute atomic E-state index is 0.0442. The van der Waals surface area contributed by atoms with Crippen molar-refractivity contribution in [1.29, 1.82) is 0 Å². The van der Waals surface area contributed by atoms with Gasteiger partial charge in [0.2, 0.25) is 0 Å². The molecule has 2 unspecified atom stereocenters. The molecule has 1 rings (SSSR count). The van der Waals surface area contributed by atoms with Crippen molar-refractivity contribution in [1.82, 2.24) is 10.1 Å². The Labute approximate surface area is 96.1 Å². The van der Waals surface area contributed by atoms with E-state index in [1.54, 1.807) is 13.8 Å². The molecule has 98 valence electrons. The molecule has 2 atom stereocenters. The van der Waals surface area contributed by atoms with Crippen LogP contribution in [0.4, 0.5) is 13.2 Å². The topological polar surface area (TPSA) is 74.2 Å². The number of hydrogen-bond donors (Lipinski definition) is 1. The number of alkyl halides is 3. The molecule has 5 nitrogen and oxygen atoms in total. The Morgan fingerprint density at radius 1 is 1.47 bits per heavy atom. The van der Waals surface area contributed by atoms with Crippen molar-refractivity contribution in [3.63, 3.8) is 0 Å². The van der Waals surface area contributed by atoms with E-state index in [0.29, 0.717) is 6.61 Å². The summed E-state index contributed by atoms with van der Waals surface area (Å²) in [5, 5.41) is 3.42. The van der Waals surface area contributed by atoms with E-state index in [1.807, 2.05) is 0 Å². The first kappa shape index (κ1) is 13.9. The Kier molecular flexibility index (Phi) is 3.78. The third kappa shape index (κ3) is 2.75. The zero-order chi connectivity index (χ0) is 13.3. The van der Waals surface area contributed by atoms with Gasteiger partial charge < -0.3 is 15.0 Å². The molecule has 2 N–H and O–H groups in total. The molecule has 0 saturated carbocycles. The van der Waals surface area contributed by atoms with Gasteiger partial charge in [0, 0.05) is 6.61 Å². The van der Waals surface area contributed by atoms with Gasteiger partial charge in [-0.3, -0.25) is 0 Å². The van der Waals surface area contributed by atoms with Gasteiger partial charge in [0.05, 0.1) is 0 Å². The van der Waals surface area contributed by atoms with Crippen molar-refractivity contribution in [2.75, 3.05) is 6.61 Å². The van der Waals surface area contributed by atoms with Crippen molar-refractivity contribution in [3.05, 3.63) is 11.7 Å². The second kappa shape index (κ2) is 4.61. The molecular weight excluding hydrogens is 239 g/mol. The van der Waals surface area contributed by atoms with Crippen LogP contribution in [0.5, 0.6) is 0 Å². The first-order valence-electron chi connectivity index (χ1n) is 5.01. The van der Waals surface area contributed by atoms with Crippen molar-refractivity contribution >= 4 is 0 Å². The second-order valence-corrected chi connectivity index (χ2v) is 3.76. The summed E-state index contributed by atoms with van der Waals surface area (Å²) >= 11 is 0. The van der Waals surface area contributed by atoms with Crippen molar-refractivity contribution in [2.45, 2.75) is 38.6 Å². The zero-order valence-electron chi connectivity index (χ0n) is 9.71. The number of aromatic nitrogens is 2. The lowest BCUT2D eigenvalue weighted by atomic mass is 10.0. The van der Waals surface area contributed by atoms with E-state index in [4.69, 9.17) is 10.5 Å². The van der Waals surface area contributed by atoms with Crippen LogP contribution in [0, 0.1) is 0 Å². The van der Waals surface area contributed by atoms with E-state index in [-0.39, 0.29) is 5.82 Å². The van der Waals surface area contributed by atoms with Crippen LogP contribution in [0.15, 0.2) is 4.52 Å². The van der Waals surface area contributed by atoms with Gasteiger partial charge in [0.1, 0.15) is 6.10 Å². The van der Waals surface area contributed by atoms with Gasteiger partial charge in [-0.15, -0.1) is 0 Å². The number of rotatable bonds is 4. The molecule has 0 spiro atoms. The van der Waals surface area contributed by atoms with E-state index in [0.717, 1.165) is 6.92 Å². The minimum atomic E-state index is -4.66. The Bertz CT molecular complexity index is 376. The molecular formula is C9H14F3N3O2. The van der Waals surface area contributed by atoms with Gasteiger partial charge in [0.25, 0.3) is 5.89 Å². The normalized spacial score (nSPS) is 17.8. The first-order valence-corrected chi connectivity index (χ1v) is 5.01. The molecule has 0 aliphatic carbocycles. The van der Waals surface area contributed by atoms with E-state index in [9.17, 15) is 13.2 Å². The fourth-order valence-corrected chi connectivity index (χ4v) is 1.06. The maximum absolute atomic E-state index is 12.6. The largest absolute Gasteiger partial charge is 0.415 e. The highest BCUT2D eigenvalue weighted by molar-refractivity contribution is 5.05. The maximum Gasteiger partial charge on any atom is 0.415 e. The Hall–Kier alpha value is -1.15. The van der Waals surface area contributed by atoms with E-state index >= 15 is 0 Å². The standard InChI is InChI=1S/C9H14F3N3O2/c1-4-16-5(2)6-14-7(17-15-6)8(3,13)9(10,11)12/h5H,4,13H2,1-3H3. The van der Waals surface area contributed by atoms with Crippen LogP contribution in [0.2, 0.25) is 0 Å². The van der Waals surface area contributed by atoms with Gasteiger partial charge >= 0.3 is 6.18 Å². The van der Waals surface area contributed by atoms with Gasteiger partial charge in [-0.05, 0) is 20.8 Å². The van der Waals surface area contributed by atoms with E-state index in [1.165, 1.54) is 0 Å². The number of nitrogens with two attached hydrogens (primary N) is 1. The average Bonchev–Trinajstić information content (AvgIpc) is 2.65. The van der Waals surface area contributed by atoms with Crippen LogP contribution >= 0.6 is 0 Å². The summed E-state index contributed by atoms with van der Waals surface area (Å²) in [6, 6.07) is 0. The quantitative estimate of drug-likeness (QED) is 0.887. The SMILES string of the molecule is CCOC(C)c1noc(C(C)(N)C(F)(F)F)n1. The summed E-state index contributed by atoms with van der Waals surface area (Å²) < 4.78 is 47.5. The molecule has 0 saturated heterocycles. The van der Waals surface area contributed by atoms with Gasteiger partial charge in [-0.2, -0.15) is 18.2 Å². The van der Waals surface area contributed by atoms with Crippen LogP contribution in [0.25, 0.3) is 0 Å². The smallest absolute Gasteiger partial charge is 0.371 e. The molecule has 0 amide bonds. The predicted octanol–water partition coefficient (Wildman–Crippen LogP) is 1.90. The molecule has 1 heterocycles. The van der Waals surface area contributed by atoms with Crippen molar-refractivity contribution in [3.8, 4) is 0 Å². The number of ether oxygens (including phenoxy) is 1. The van der Waals surface area contributed by atoms with Gasteiger partial charge in [-0.25, -0.2) is 0 Å². The molecule has 0 aliphatic heterocycles. The fraction of sp³-hybridized carbons (Fsp3) is 0.778. The van der Waals surface area contributed by atoms with Crippen LogP contribution in [0.1, 0.15) is 38.6 Å². The van der Waals surface area contributed by atoms with Crippen molar-refractivity contribution in [2.24, 2.45) is 5.73 Å². The summed E-state index contributed by atoms with van der Waals surface area (Å²) in [5.41, 5.74) is 2.48. The third-order valence-corrected chi connectivity index (χ3v) is 2.26. The Morgan fingerprint density at radius 2 is 2.06 bits per heavy atom. The van der Waals surface area contributed by atoms with Crippen LogP contribution in [-0.2, 0) is 10.3 Å². The lowest BCUT2D eigenvalue weighted by molar-refractivity contribution is -0.190. The highest BCUT2D eigenvalue weighted by Gasteiger charge is 2.53. The van der Waals surface area contributed by atoms with Crippen LogP contribution in [-0.4, -0.2) is 22.9 Å². The Morgan fingerprint density at radius 3 is 2.53 bits per heavy atom. The number of nitrogens with zero attached hydrogens (tertiary/aromatic N) is 2. The fourth-order valence-electron chi connectivity index (χ4n) is 1.06. The third-order valence-electron chi connectivity index (χ3n) is 2.26. The lowest BCUT2D eigenvalue weighted by Gasteiger charge is -2.22. The van der Waals surface area contributed by atoms with Crippen LogP contribution in [0.3, 0.4) is 0 Å². The predicted molar refractivity (Wildman–Crippen MR) is 51.9 cm³/mol. The molecule has 0 aliphatic rings. The molecule has 1 aromatic heterocycles. The summed E-state index contributed by atoms with van der Waals surface area (Å²) in [7, 11) is 0. The molecule has 0 bridgehead atoms. The molecule has 0 aromatic carbocycles.